The Hall–Kier alpha value is -2.15. The molecule has 2 aromatic rings. The van der Waals surface area contributed by atoms with Crippen LogP contribution in [0.5, 0.6) is 0 Å². The maximum Gasteiger partial charge on any atom is 0.270 e. The van der Waals surface area contributed by atoms with Crippen LogP contribution in [0.1, 0.15) is 44.7 Å². The molecule has 24 heavy (non-hydrogen) atoms. The number of nitrogens with one attached hydrogen (secondary N) is 1. The first-order valence-corrected chi connectivity index (χ1v) is 8.93. The molecule has 0 aliphatic carbocycles. The summed E-state index contributed by atoms with van der Waals surface area (Å²) in [6.07, 6.45) is 0. The third-order valence-corrected chi connectivity index (χ3v) is 5.47. The second-order valence-electron chi connectivity index (χ2n) is 6.23. The van der Waals surface area contributed by atoms with E-state index in [1.807, 2.05) is 31.1 Å². The molecule has 1 aliphatic rings. The molecule has 0 aromatic carbocycles. The molecule has 3 rings (SSSR count). The highest BCUT2D eigenvalue weighted by atomic mass is 32.1. The van der Waals surface area contributed by atoms with Crippen LogP contribution in [-0.2, 0) is 0 Å². The zero-order valence-corrected chi connectivity index (χ0v) is 15.3. The molecule has 3 heterocycles. The van der Waals surface area contributed by atoms with Crippen LogP contribution in [-0.4, -0.2) is 52.7 Å². The van der Waals surface area contributed by atoms with Crippen LogP contribution in [0.4, 0.5) is 5.13 Å². The van der Waals surface area contributed by atoms with Crippen LogP contribution >= 0.6 is 11.3 Å². The molecule has 1 N–H and O–H groups in total. The highest BCUT2D eigenvalue weighted by Crippen LogP contribution is 2.23. The van der Waals surface area contributed by atoms with Crippen LogP contribution in [0.3, 0.4) is 0 Å². The van der Waals surface area contributed by atoms with Crippen LogP contribution in [0, 0.1) is 20.8 Å². The van der Waals surface area contributed by atoms with Gasteiger partial charge in [-0.1, -0.05) is 0 Å². The van der Waals surface area contributed by atoms with Gasteiger partial charge in [-0.2, -0.15) is 0 Å². The lowest BCUT2D eigenvalue weighted by Gasteiger charge is -2.34. The molecule has 0 atom stereocenters. The number of thiazole rings is 1. The lowest BCUT2D eigenvalue weighted by atomic mass is 10.1. The maximum absolute atomic E-state index is 12.8. The zero-order chi connectivity index (χ0) is 17.4. The van der Waals surface area contributed by atoms with Crippen molar-refractivity contribution in [3.05, 3.63) is 33.6 Å². The van der Waals surface area contributed by atoms with E-state index in [2.05, 4.69) is 14.9 Å². The summed E-state index contributed by atoms with van der Waals surface area (Å²) in [5, 5.41) is 3.06. The van der Waals surface area contributed by atoms with Gasteiger partial charge < -0.3 is 14.8 Å². The van der Waals surface area contributed by atoms with Crippen molar-refractivity contribution in [2.75, 3.05) is 31.1 Å². The standard InChI is InChI=1S/C17H22N4O2S/c1-10-9-24-17(18-10)21-7-5-20(6-8-21)16(23)15-11(2)14(13(4)22)12(3)19-15/h9,19H,5-8H2,1-4H3. The van der Waals surface area contributed by atoms with Crippen LogP contribution < -0.4 is 4.90 Å². The van der Waals surface area contributed by atoms with Gasteiger partial charge in [-0.05, 0) is 33.3 Å². The first-order chi connectivity index (χ1) is 11.4. The van der Waals surface area contributed by atoms with Gasteiger partial charge in [-0.15, -0.1) is 11.3 Å². The summed E-state index contributed by atoms with van der Waals surface area (Å²) in [6.45, 7) is 10.1. The number of carbonyl (C=O) groups excluding carboxylic acids is 2. The average Bonchev–Trinajstić information content (AvgIpc) is 3.10. The first kappa shape index (κ1) is 16.7. The predicted octanol–water partition coefficient (Wildman–Crippen LogP) is 2.56. The van der Waals surface area contributed by atoms with Crippen LogP contribution in [0.15, 0.2) is 5.38 Å². The number of hydrogen-bond acceptors (Lipinski definition) is 5. The SMILES string of the molecule is CC(=O)c1c(C)[nH]c(C(=O)N2CCN(c3nc(C)cs3)CC2)c1C. The quantitative estimate of drug-likeness (QED) is 0.867. The predicted molar refractivity (Wildman–Crippen MR) is 95.2 cm³/mol. The fraction of sp³-hybridized carbons (Fsp3) is 0.471. The number of ketones is 1. The minimum Gasteiger partial charge on any atom is -0.354 e. The van der Waals surface area contributed by atoms with E-state index in [0.717, 1.165) is 35.2 Å². The van der Waals surface area contributed by atoms with Crippen molar-refractivity contribution in [3.63, 3.8) is 0 Å². The first-order valence-electron chi connectivity index (χ1n) is 8.05. The molecular weight excluding hydrogens is 324 g/mol. The zero-order valence-electron chi connectivity index (χ0n) is 14.5. The molecule has 2 aromatic heterocycles. The van der Waals surface area contributed by atoms with Gasteiger partial charge in [0.15, 0.2) is 10.9 Å². The van der Waals surface area contributed by atoms with E-state index in [0.29, 0.717) is 24.3 Å². The lowest BCUT2D eigenvalue weighted by molar-refractivity contribution is 0.0740. The monoisotopic (exact) mass is 346 g/mol. The Morgan fingerprint density at radius 2 is 1.83 bits per heavy atom. The van der Waals surface area contributed by atoms with Crippen molar-refractivity contribution in [3.8, 4) is 0 Å². The van der Waals surface area contributed by atoms with Crippen molar-refractivity contribution in [2.24, 2.45) is 0 Å². The van der Waals surface area contributed by atoms with Gasteiger partial charge in [0.05, 0.1) is 5.69 Å². The molecule has 0 spiro atoms. The summed E-state index contributed by atoms with van der Waals surface area (Å²) in [7, 11) is 0. The largest absolute Gasteiger partial charge is 0.354 e. The highest BCUT2D eigenvalue weighted by Gasteiger charge is 2.27. The smallest absolute Gasteiger partial charge is 0.270 e. The molecule has 6 nitrogen and oxygen atoms in total. The Labute approximate surface area is 145 Å². The van der Waals surface area contributed by atoms with Crippen molar-refractivity contribution < 1.29 is 9.59 Å². The van der Waals surface area contributed by atoms with Gasteiger partial charge in [-0.25, -0.2) is 4.98 Å². The number of aryl methyl sites for hydroxylation is 2. The van der Waals surface area contributed by atoms with Crippen molar-refractivity contribution >= 4 is 28.2 Å². The minimum atomic E-state index is -0.0296. The number of H-pyrrole nitrogens is 1. The van der Waals surface area contributed by atoms with E-state index in [9.17, 15) is 9.59 Å². The van der Waals surface area contributed by atoms with Gasteiger partial charge in [0.1, 0.15) is 5.69 Å². The summed E-state index contributed by atoms with van der Waals surface area (Å²) >= 11 is 1.64. The number of aromatic amines is 1. The third-order valence-electron chi connectivity index (χ3n) is 4.45. The number of anilines is 1. The number of Topliss-reactive ketones (excluding diaryl/α,β-unsaturated/α-hetero) is 1. The van der Waals surface area contributed by atoms with E-state index < -0.39 is 0 Å². The summed E-state index contributed by atoms with van der Waals surface area (Å²) in [5.74, 6) is -0.0395. The molecule has 1 fully saturated rings. The Morgan fingerprint density at radius 1 is 1.17 bits per heavy atom. The number of carbonyl (C=O) groups is 2. The molecule has 1 saturated heterocycles. The number of aromatic nitrogens is 2. The summed E-state index contributed by atoms with van der Waals surface area (Å²) in [5.41, 5.74) is 3.72. The van der Waals surface area contributed by atoms with Gasteiger partial charge in [-0.3, -0.25) is 9.59 Å². The highest BCUT2D eigenvalue weighted by molar-refractivity contribution is 7.13. The van der Waals surface area contributed by atoms with Crippen molar-refractivity contribution in [2.45, 2.75) is 27.7 Å². The number of amides is 1. The van der Waals surface area contributed by atoms with E-state index in [1.165, 1.54) is 6.92 Å². The van der Waals surface area contributed by atoms with Gasteiger partial charge in [0, 0.05) is 42.8 Å². The van der Waals surface area contributed by atoms with Crippen molar-refractivity contribution in [1.82, 2.24) is 14.9 Å². The van der Waals surface area contributed by atoms with E-state index >= 15 is 0 Å². The average molecular weight is 346 g/mol. The minimum absolute atomic E-state index is 0.00995. The number of nitrogens with zero attached hydrogens (tertiary/aromatic N) is 3. The summed E-state index contributed by atoms with van der Waals surface area (Å²) in [6, 6.07) is 0. The molecule has 1 amide bonds. The molecule has 0 saturated carbocycles. The topological polar surface area (TPSA) is 69.3 Å². The van der Waals surface area contributed by atoms with E-state index in [1.54, 1.807) is 11.3 Å². The third kappa shape index (κ3) is 2.96. The van der Waals surface area contributed by atoms with E-state index in [-0.39, 0.29) is 11.7 Å². The summed E-state index contributed by atoms with van der Waals surface area (Å²) < 4.78 is 0. The fourth-order valence-electron chi connectivity index (χ4n) is 3.24. The fourth-order valence-corrected chi connectivity index (χ4v) is 4.09. The molecule has 1 aliphatic heterocycles. The Bertz CT molecular complexity index is 785. The van der Waals surface area contributed by atoms with Crippen molar-refractivity contribution in [1.29, 1.82) is 0 Å². The Kier molecular flexibility index (Phi) is 4.45. The van der Waals surface area contributed by atoms with Gasteiger partial charge in [0.25, 0.3) is 5.91 Å². The molecular formula is C17H22N4O2S. The number of rotatable bonds is 3. The van der Waals surface area contributed by atoms with E-state index in [4.69, 9.17) is 0 Å². The Balaban J connectivity index is 1.72. The molecule has 0 unspecified atom stereocenters. The molecule has 0 radical (unpaired) electrons. The van der Waals surface area contributed by atoms with Crippen LogP contribution in [0.25, 0.3) is 0 Å². The Morgan fingerprint density at radius 3 is 2.33 bits per heavy atom. The normalized spacial score (nSPS) is 15.0. The van der Waals surface area contributed by atoms with Gasteiger partial charge >= 0.3 is 0 Å². The number of piperazine rings is 1. The molecule has 7 heteroatoms. The molecule has 0 bridgehead atoms. The lowest BCUT2D eigenvalue weighted by Crippen LogP contribution is -2.49. The molecule has 128 valence electrons. The number of hydrogen-bond donors (Lipinski definition) is 1. The van der Waals surface area contributed by atoms with Crippen LogP contribution in [0.2, 0.25) is 0 Å². The maximum atomic E-state index is 12.8. The van der Waals surface area contributed by atoms with Gasteiger partial charge in [0.2, 0.25) is 0 Å². The second kappa shape index (κ2) is 6.39. The second-order valence-corrected chi connectivity index (χ2v) is 7.07. The summed E-state index contributed by atoms with van der Waals surface area (Å²) in [4.78, 5) is 36.2.